The van der Waals surface area contributed by atoms with Crippen LogP contribution in [-0.4, -0.2) is 11.0 Å². The zero-order chi connectivity index (χ0) is 16.2. The Bertz CT molecular complexity index is 897. The number of carbonyl (C=O) groups is 1. The van der Waals surface area contributed by atoms with Crippen molar-refractivity contribution in [2.45, 2.75) is 13.8 Å². The van der Waals surface area contributed by atoms with Gasteiger partial charge in [0.05, 0.1) is 11.2 Å². The number of fused-ring (bicyclic) bond motifs is 1. The number of aromatic nitrogens is 1. The predicted octanol–water partition coefficient (Wildman–Crippen LogP) is 4.72. The molecule has 2 aromatic carbocycles. The molecule has 0 unspecified atom stereocenters. The molecule has 3 heteroatoms. The molecule has 0 spiro atoms. The second kappa shape index (κ2) is 6.44. The smallest absolute Gasteiger partial charge is 0.308 e. The van der Waals surface area contributed by atoms with E-state index >= 15 is 0 Å². The molecule has 0 radical (unpaired) electrons. The van der Waals surface area contributed by atoms with Gasteiger partial charge >= 0.3 is 5.97 Å². The van der Waals surface area contributed by atoms with Crippen LogP contribution in [0.2, 0.25) is 0 Å². The molecule has 114 valence electrons. The van der Waals surface area contributed by atoms with E-state index in [2.05, 4.69) is 11.1 Å². The Kier molecular flexibility index (Phi) is 4.20. The van der Waals surface area contributed by atoms with Crippen molar-refractivity contribution in [1.29, 1.82) is 0 Å². The van der Waals surface area contributed by atoms with E-state index in [1.807, 2.05) is 61.5 Å². The first-order valence-electron chi connectivity index (χ1n) is 7.45. The van der Waals surface area contributed by atoms with Gasteiger partial charge in [0.15, 0.2) is 0 Å². The van der Waals surface area contributed by atoms with E-state index in [0.29, 0.717) is 5.75 Å². The maximum Gasteiger partial charge on any atom is 0.308 e. The van der Waals surface area contributed by atoms with E-state index in [4.69, 9.17) is 4.74 Å². The van der Waals surface area contributed by atoms with Gasteiger partial charge in [-0.3, -0.25) is 4.79 Å². The molecule has 3 aromatic rings. The van der Waals surface area contributed by atoms with Crippen LogP contribution in [0.3, 0.4) is 0 Å². The molecule has 0 bridgehead atoms. The average molecular weight is 303 g/mol. The van der Waals surface area contributed by atoms with Gasteiger partial charge in [-0.25, -0.2) is 4.98 Å². The van der Waals surface area contributed by atoms with Crippen LogP contribution in [-0.2, 0) is 4.79 Å². The molecule has 0 fully saturated rings. The third-order valence-electron chi connectivity index (χ3n) is 3.55. The minimum absolute atomic E-state index is 0.327. The van der Waals surface area contributed by atoms with Gasteiger partial charge in [-0.1, -0.05) is 42.5 Å². The summed E-state index contributed by atoms with van der Waals surface area (Å²) in [6, 6.07) is 19.6. The molecule has 0 N–H and O–H groups in total. The lowest BCUT2D eigenvalue weighted by molar-refractivity contribution is -0.131. The van der Waals surface area contributed by atoms with E-state index in [0.717, 1.165) is 27.7 Å². The van der Waals surface area contributed by atoms with Crippen molar-refractivity contribution in [3.8, 4) is 5.75 Å². The van der Waals surface area contributed by atoms with Crippen molar-refractivity contribution >= 4 is 28.5 Å². The van der Waals surface area contributed by atoms with E-state index < -0.39 is 0 Å². The fourth-order valence-corrected chi connectivity index (χ4v) is 2.44. The number of ether oxygens (including phenoxy) is 1. The van der Waals surface area contributed by atoms with Crippen LogP contribution in [0, 0.1) is 0 Å². The number of hydrogen-bond donors (Lipinski definition) is 0. The molecular weight excluding hydrogens is 286 g/mol. The maximum absolute atomic E-state index is 11.2. The second-order valence-electron chi connectivity index (χ2n) is 5.35. The molecule has 0 aliphatic heterocycles. The summed E-state index contributed by atoms with van der Waals surface area (Å²) in [7, 11) is 0. The van der Waals surface area contributed by atoms with Gasteiger partial charge in [0, 0.05) is 17.9 Å². The number of hydrogen-bond acceptors (Lipinski definition) is 3. The Balaban J connectivity index is 1.99. The van der Waals surface area contributed by atoms with Gasteiger partial charge in [0.2, 0.25) is 0 Å². The van der Waals surface area contributed by atoms with Gasteiger partial charge in [-0.05, 0) is 36.8 Å². The molecular formula is C20H17NO2. The second-order valence-corrected chi connectivity index (χ2v) is 5.35. The van der Waals surface area contributed by atoms with Crippen molar-refractivity contribution < 1.29 is 9.53 Å². The number of esters is 1. The van der Waals surface area contributed by atoms with Gasteiger partial charge in [0.25, 0.3) is 0 Å². The van der Waals surface area contributed by atoms with Crippen LogP contribution in [0.1, 0.15) is 25.1 Å². The zero-order valence-electron chi connectivity index (χ0n) is 13.1. The molecule has 0 amide bonds. The summed E-state index contributed by atoms with van der Waals surface area (Å²) < 4.78 is 5.25. The third kappa shape index (κ3) is 3.46. The summed E-state index contributed by atoms with van der Waals surface area (Å²) in [4.78, 5) is 15.9. The lowest BCUT2D eigenvalue weighted by Crippen LogP contribution is -2.02. The largest absolute Gasteiger partial charge is 0.426 e. The Labute approximate surface area is 135 Å². The molecule has 0 saturated carbocycles. The van der Waals surface area contributed by atoms with Crippen molar-refractivity contribution in [2.24, 2.45) is 0 Å². The highest BCUT2D eigenvalue weighted by Gasteiger charge is 2.05. The first kappa shape index (κ1) is 15.0. The third-order valence-corrected chi connectivity index (χ3v) is 3.55. The summed E-state index contributed by atoms with van der Waals surface area (Å²) in [5.74, 6) is 0.229. The average Bonchev–Trinajstić information content (AvgIpc) is 2.55. The van der Waals surface area contributed by atoms with Crippen molar-refractivity contribution in [3.05, 3.63) is 71.9 Å². The Morgan fingerprint density at radius 3 is 2.52 bits per heavy atom. The first-order chi connectivity index (χ1) is 11.1. The van der Waals surface area contributed by atoms with Crippen LogP contribution in [0.5, 0.6) is 5.75 Å². The van der Waals surface area contributed by atoms with Crippen LogP contribution >= 0.6 is 0 Å². The molecule has 3 rings (SSSR count). The number of allylic oxidation sites excluding steroid dienone is 1. The molecule has 0 saturated heterocycles. The normalized spacial score (nSPS) is 11.5. The van der Waals surface area contributed by atoms with Crippen molar-refractivity contribution in [3.63, 3.8) is 0 Å². The van der Waals surface area contributed by atoms with Crippen LogP contribution in [0.25, 0.3) is 22.6 Å². The SMILES string of the molecule is CC(=O)Oc1ccccc1/C=C(/C)c1ccc2ccccc2n1. The summed E-state index contributed by atoms with van der Waals surface area (Å²) in [6.45, 7) is 3.40. The summed E-state index contributed by atoms with van der Waals surface area (Å²) in [6.07, 6.45) is 1.98. The van der Waals surface area contributed by atoms with Gasteiger partial charge in [-0.2, -0.15) is 0 Å². The fourth-order valence-electron chi connectivity index (χ4n) is 2.44. The zero-order valence-corrected chi connectivity index (χ0v) is 13.1. The number of pyridine rings is 1. The quantitative estimate of drug-likeness (QED) is 0.519. The number of benzene rings is 2. The minimum Gasteiger partial charge on any atom is -0.426 e. The monoisotopic (exact) mass is 303 g/mol. The molecule has 23 heavy (non-hydrogen) atoms. The summed E-state index contributed by atoms with van der Waals surface area (Å²) in [5.41, 5.74) is 3.73. The summed E-state index contributed by atoms with van der Waals surface area (Å²) in [5, 5.41) is 1.12. The van der Waals surface area contributed by atoms with E-state index in [9.17, 15) is 4.79 Å². The molecule has 3 nitrogen and oxygen atoms in total. The molecule has 0 atom stereocenters. The molecule has 1 aromatic heterocycles. The molecule has 0 aliphatic rings. The maximum atomic E-state index is 11.2. The predicted molar refractivity (Wildman–Crippen MR) is 93.0 cm³/mol. The Hall–Kier alpha value is -2.94. The Morgan fingerprint density at radius 2 is 1.70 bits per heavy atom. The van der Waals surface area contributed by atoms with Crippen LogP contribution in [0.15, 0.2) is 60.7 Å². The number of carbonyl (C=O) groups excluding carboxylic acids is 1. The van der Waals surface area contributed by atoms with Crippen molar-refractivity contribution in [1.82, 2.24) is 4.98 Å². The Morgan fingerprint density at radius 1 is 0.957 bits per heavy atom. The first-order valence-corrected chi connectivity index (χ1v) is 7.45. The lowest BCUT2D eigenvalue weighted by atomic mass is 10.1. The fraction of sp³-hybridized carbons (Fsp3) is 0.100. The highest BCUT2D eigenvalue weighted by Crippen LogP contribution is 2.25. The highest BCUT2D eigenvalue weighted by atomic mass is 16.5. The van der Waals surface area contributed by atoms with E-state index in [1.165, 1.54) is 6.92 Å². The topological polar surface area (TPSA) is 39.2 Å². The van der Waals surface area contributed by atoms with Crippen LogP contribution in [0.4, 0.5) is 0 Å². The van der Waals surface area contributed by atoms with Gasteiger partial charge in [0.1, 0.15) is 5.75 Å². The van der Waals surface area contributed by atoms with E-state index in [-0.39, 0.29) is 5.97 Å². The number of para-hydroxylation sites is 2. The molecule has 0 aliphatic carbocycles. The number of rotatable bonds is 3. The van der Waals surface area contributed by atoms with Gasteiger partial charge in [-0.15, -0.1) is 0 Å². The van der Waals surface area contributed by atoms with Crippen LogP contribution < -0.4 is 4.74 Å². The highest BCUT2D eigenvalue weighted by molar-refractivity contribution is 5.85. The lowest BCUT2D eigenvalue weighted by Gasteiger charge is -2.07. The number of nitrogens with zero attached hydrogens (tertiary/aromatic N) is 1. The minimum atomic E-state index is -0.327. The summed E-state index contributed by atoms with van der Waals surface area (Å²) >= 11 is 0. The van der Waals surface area contributed by atoms with Crippen molar-refractivity contribution in [2.75, 3.05) is 0 Å². The molecule has 1 heterocycles. The van der Waals surface area contributed by atoms with E-state index in [1.54, 1.807) is 6.07 Å². The standard InChI is InChI=1S/C20H17NO2/c1-14(13-17-8-4-6-10-20(17)23-15(2)22)18-12-11-16-7-3-5-9-19(16)21-18/h3-13H,1-2H3/b14-13-. The van der Waals surface area contributed by atoms with Gasteiger partial charge < -0.3 is 4.74 Å².